The van der Waals surface area contributed by atoms with Gasteiger partial charge in [-0.25, -0.2) is 0 Å². The fraction of sp³-hybridized carbons (Fsp3) is 1.00. The molecule has 1 saturated carbocycles. The zero-order valence-corrected chi connectivity index (χ0v) is 10.9. The minimum atomic E-state index is -0.0935. The van der Waals surface area contributed by atoms with Crippen LogP contribution >= 0.6 is 0 Å². The molecule has 1 rings (SSSR count). The van der Waals surface area contributed by atoms with Gasteiger partial charge in [-0.15, -0.1) is 0 Å². The molecule has 1 unspecified atom stereocenters. The predicted octanol–water partition coefficient (Wildman–Crippen LogP) is 1.68. The molecular weight excluding hydrogens is 202 g/mol. The van der Waals surface area contributed by atoms with Crippen LogP contribution in [0, 0.1) is 5.41 Å². The van der Waals surface area contributed by atoms with E-state index in [9.17, 15) is 5.11 Å². The van der Waals surface area contributed by atoms with Crippen LogP contribution < -0.4 is 5.32 Å². The minimum Gasteiger partial charge on any atom is -0.396 e. The standard InChI is InChI=1S/C13H27NO2/c1-13(2,3)12(8-9-15)14-10-4-6-11(16)7-5-10/h10-12,14-16H,4-9H2,1-3H3. The third-order valence-electron chi connectivity index (χ3n) is 3.60. The largest absolute Gasteiger partial charge is 0.396 e. The Bertz CT molecular complexity index is 193. The molecule has 1 fully saturated rings. The van der Waals surface area contributed by atoms with Gasteiger partial charge in [0, 0.05) is 18.7 Å². The van der Waals surface area contributed by atoms with E-state index in [1.807, 2.05) is 0 Å². The van der Waals surface area contributed by atoms with E-state index in [1.54, 1.807) is 0 Å². The van der Waals surface area contributed by atoms with Gasteiger partial charge < -0.3 is 15.5 Å². The Labute approximate surface area is 99.3 Å². The Balaban J connectivity index is 2.42. The van der Waals surface area contributed by atoms with E-state index in [0.29, 0.717) is 12.1 Å². The van der Waals surface area contributed by atoms with Crippen LogP contribution in [0.15, 0.2) is 0 Å². The third kappa shape index (κ3) is 4.40. The molecule has 0 aromatic rings. The Morgan fingerprint density at radius 1 is 1.19 bits per heavy atom. The highest BCUT2D eigenvalue weighted by Gasteiger charge is 2.28. The molecule has 1 aliphatic carbocycles. The van der Waals surface area contributed by atoms with Crippen LogP contribution in [0.2, 0.25) is 0 Å². The molecule has 1 aliphatic rings. The first kappa shape index (κ1) is 13.9. The van der Waals surface area contributed by atoms with E-state index in [2.05, 4.69) is 26.1 Å². The second-order valence-corrected chi connectivity index (χ2v) is 6.10. The molecule has 0 saturated heterocycles. The number of aliphatic hydroxyl groups is 2. The van der Waals surface area contributed by atoms with Crippen molar-refractivity contribution in [3.63, 3.8) is 0 Å². The maximum Gasteiger partial charge on any atom is 0.0541 e. The predicted molar refractivity (Wildman–Crippen MR) is 66.3 cm³/mol. The van der Waals surface area contributed by atoms with Crippen LogP contribution in [-0.4, -0.2) is 35.0 Å². The second kappa shape index (κ2) is 5.99. The number of rotatable bonds is 4. The summed E-state index contributed by atoms with van der Waals surface area (Å²) in [6, 6.07) is 0.872. The zero-order chi connectivity index (χ0) is 12.2. The lowest BCUT2D eigenvalue weighted by Crippen LogP contribution is -2.47. The Morgan fingerprint density at radius 3 is 2.19 bits per heavy atom. The van der Waals surface area contributed by atoms with Crippen LogP contribution in [0.3, 0.4) is 0 Å². The summed E-state index contributed by atoms with van der Waals surface area (Å²) in [5.74, 6) is 0. The van der Waals surface area contributed by atoms with Crippen molar-refractivity contribution in [2.24, 2.45) is 5.41 Å². The highest BCUT2D eigenvalue weighted by Crippen LogP contribution is 2.25. The van der Waals surface area contributed by atoms with Gasteiger partial charge in [0.15, 0.2) is 0 Å². The monoisotopic (exact) mass is 229 g/mol. The average Bonchev–Trinajstić information content (AvgIpc) is 2.19. The summed E-state index contributed by atoms with van der Waals surface area (Å²) in [5, 5.41) is 22.2. The highest BCUT2D eigenvalue weighted by atomic mass is 16.3. The fourth-order valence-electron chi connectivity index (χ4n) is 2.42. The van der Waals surface area contributed by atoms with E-state index in [0.717, 1.165) is 32.1 Å². The van der Waals surface area contributed by atoms with Gasteiger partial charge in [-0.2, -0.15) is 0 Å². The summed E-state index contributed by atoms with van der Waals surface area (Å²) in [6.45, 7) is 6.86. The second-order valence-electron chi connectivity index (χ2n) is 6.10. The first-order valence-corrected chi connectivity index (χ1v) is 6.48. The quantitative estimate of drug-likeness (QED) is 0.687. The van der Waals surface area contributed by atoms with E-state index in [1.165, 1.54) is 0 Å². The molecule has 96 valence electrons. The maximum atomic E-state index is 9.46. The minimum absolute atomic E-state index is 0.0935. The summed E-state index contributed by atoms with van der Waals surface area (Å²) in [7, 11) is 0. The molecule has 0 heterocycles. The molecule has 1 atom stereocenters. The summed E-state index contributed by atoms with van der Waals surface area (Å²) in [5.41, 5.74) is 0.179. The van der Waals surface area contributed by atoms with Crippen LogP contribution in [0.25, 0.3) is 0 Å². The molecule has 3 heteroatoms. The van der Waals surface area contributed by atoms with Crippen molar-refractivity contribution in [3.05, 3.63) is 0 Å². The van der Waals surface area contributed by atoms with E-state index < -0.39 is 0 Å². The first-order valence-electron chi connectivity index (χ1n) is 6.48. The Kier molecular flexibility index (Phi) is 5.22. The number of nitrogens with one attached hydrogen (secondary N) is 1. The van der Waals surface area contributed by atoms with Gasteiger partial charge >= 0.3 is 0 Å². The Morgan fingerprint density at radius 2 is 1.75 bits per heavy atom. The Hall–Kier alpha value is -0.120. The summed E-state index contributed by atoms with van der Waals surface area (Å²) in [6.07, 6.45) is 4.64. The van der Waals surface area contributed by atoms with E-state index in [-0.39, 0.29) is 18.1 Å². The van der Waals surface area contributed by atoms with Gasteiger partial charge in [0.2, 0.25) is 0 Å². The van der Waals surface area contributed by atoms with E-state index >= 15 is 0 Å². The molecule has 0 radical (unpaired) electrons. The third-order valence-corrected chi connectivity index (χ3v) is 3.60. The van der Waals surface area contributed by atoms with Crippen LogP contribution in [-0.2, 0) is 0 Å². The summed E-state index contributed by atoms with van der Waals surface area (Å²) in [4.78, 5) is 0. The van der Waals surface area contributed by atoms with Crippen molar-refractivity contribution in [3.8, 4) is 0 Å². The van der Waals surface area contributed by atoms with Crippen LogP contribution in [0.5, 0.6) is 0 Å². The molecule has 0 aromatic heterocycles. The molecule has 0 aliphatic heterocycles. The lowest BCUT2D eigenvalue weighted by molar-refractivity contribution is 0.103. The highest BCUT2D eigenvalue weighted by molar-refractivity contribution is 4.86. The number of hydrogen-bond donors (Lipinski definition) is 3. The van der Waals surface area contributed by atoms with Crippen LogP contribution in [0.4, 0.5) is 0 Å². The van der Waals surface area contributed by atoms with Crippen molar-refractivity contribution >= 4 is 0 Å². The first-order chi connectivity index (χ1) is 7.43. The zero-order valence-electron chi connectivity index (χ0n) is 10.9. The van der Waals surface area contributed by atoms with Crippen molar-refractivity contribution in [2.75, 3.05) is 6.61 Å². The molecule has 0 bridgehead atoms. The molecule has 0 amide bonds. The molecule has 0 aromatic carbocycles. The van der Waals surface area contributed by atoms with Gasteiger partial charge in [-0.05, 0) is 37.5 Å². The van der Waals surface area contributed by atoms with Gasteiger partial charge in [-0.1, -0.05) is 20.8 Å². The fourth-order valence-corrected chi connectivity index (χ4v) is 2.42. The number of aliphatic hydroxyl groups excluding tert-OH is 2. The maximum absolute atomic E-state index is 9.46. The molecule has 3 N–H and O–H groups in total. The van der Waals surface area contributed by atoms with Gasteiger partial charge in [0.1, 0.15) is 0 Å². The smallest absolute Gasteiger partial charge is 0.0541 e. The van der Waals surface area contributed by atoms with Gasteiger partial charge in [-0.3, -0.25) is 0 Å². The average molecular weight is 229 g/mol. The lowest BCUT2D eigenvalue weighted by atomic mass is 9.83. The van der Waals surface area contributed by atoms with E-state index in [4.69, 9.17) is 5.11 Å². The van der Waals surface area contributed by atoms with Crippen molar-refractivity contribution in [2.45, 2.75) is 71.1 Å². The topological polar surface area (TPSA) is 52.5 Å². The van der Waals surface area contributed by atoms with Crippen molar-refractivity contribution in [1.29, 1.82) is 0 Å². The molecule has 16 heavy (non-hydrogen) atoms. The number of hydrogen-bond acceptors (Lipinski definition) is 3. The molecule has 0 spiro atoms. The summed E-state index contributed by atoms with van der Waals surface area (Å²) < 4.78 is 0. The van der Waals surface area contributed by atoms with Gasteiger partial charge in [0.25, 0.3) is 0 Å². The summed E-state index contributed by atoms with van der Waals surface area (Å²) >= 11 is 0. The van der Waals surface area contributed by atoms with Gasteiger partial charge in [0.05, 0.1) is 6.10 Å². The van der Waals surface area contributed by atoms with Crippen molar-refractivity contribution < 1.29 is 10.2 Å². The molecular formula is C13H27NO2. The molecule has 3 nitrogen and oxygen atoms in total. The SMILES string of the molecule is CC(C)(C)C(CCO)NC1CCC(O)CC1. The lowest BCUT2D eigenvalue weighted by Gasteiger charge is -2.37. The van der Waals surface area contributed by atoms with Crippen molar-refractivity contribution in [1.82, 2.24) is 5.32 Å². The van der Waals surface area contributed by atoms with Crippen LogP contribution in [0.1, 0.15) is 52.9 Å². The normalized spacial score (nSPS) is 29.1.